The summed E-state index contributed by atoms with van der Waals surface area (Å²) in [6.45, 7) is 5.02. The first-order valence-electron chi connectivity index (χ1n) is 7.04. The predicted octanol–water partition coefficient (Wildman–Crippen LogP) is 1.69. The van der Waals surface area contributed by atoms with E-state index in [0.29, 0.717) is 25.9 Å². The molecule has 0 aromatic carbocycles. The number of carboxylic acid groups (broad SMARTS) is 1. The quantitative estimate of drug-likeness (QED) is 0.807. The molecule has 0 radical (unpaired) electrons. The second kappa shape index (κ2) is 5.05. The fourth-order valence-corrected chi connectivity index (χ4v) is 5.79. The molecule has 5 nitrogen and oxygen atoms in total. The molecular weight excluding hydrogens is 266 g/mol. The van der Waals surface area contributed by atoms with Gasteiger partial charge in [-0.3, -0.25) is 4.79 Å². The van der Waals surface area contributed by atoms with E-state index in [1.165, 1.54) is 0 Å². The molecule has 6 heteroatoms. The lowest BCUT2D eigenvalue weighted by molar-refractivity contribution is -0.142. The van der Waals surface area contributed by atoms with Crippen LogP contribution in [0.25, 0.3) is 0 Å². The Labute approximate surface area is 115 Å². The number of rotatable bonds is 6. The third-order valence-corrected chi connectivity index (χ3v) is 7.11. The van der Waals surface area contributed by atoms with Crippen molar-refractivity contribution >= 4 is 16.0 Å². The molecule has 2 fully saturated rings. The van der Waals surface area contributed by atoms with Crippen LogP contribution in [0.5, 0.6) is 0 Å². The van der Waals surface area contributed by atoms with Crippen LogP contribution in [0.15, 0.2) is 0 Å². The molecule has 1 aliphatic carbocycles. The summed E-state index contributed by atoms with van der Waals surface area (Å²) < 4.78 is 26.2. The number of hydrogen-bond donors (Lipinski definition) is 1. The number of nitrogens with zero attached hydrogens (tertiary/aromatic N) is 1. The minimum absolute atomic E-state index is 0.0964. The van der Waals surface area contributed by atoms with Crippen LogP contribution in [0.4, 0.5) is 0 Å². The van der Waals surface area contributed by atoms with Crippen molar-refractivity contribution in [3.8, 4) is 0 Å². The van der Waals surface area contributed by atoms with Crippen LogP contribution in [0.1, 0.15) is 46.0 Å². The molecule has 1 spiro atoms. The van der Waals surface area contributed by atoms with Gasteiger partial charge in [0, 0.05) is 19.5 Å². The monoisotopic (exact) mass is 289 g/mol. The summed E-state index contributed by atoms with van der Waals surface area (Å²) in [7, 11) is -3.14. The maximum Gasteiger partial charge on any atom is 0.303 e. The highest BCUT2D eigenvalue weighted by Crippen LogP contribution is 2.54. The topological polar surface area (TPSA) is 74.7 Å². The van der Waals surface area contributed by atoms with Gasteiger partial charge in [0.25, 0.3) is 0 Å². The average Bonchev–Trinajstić information content (AvgIpc) is 2.20. The molecule has 1 saturated heterocycles. The maximum atomic E-state index is 12.3. The van der Waals surface area contributed by atoms with Gasteiger partial charge in [-0.25, -0.2) is 12.7 Å². The fourth-order valence-electron chi connectivity index (χ4n) is 3.62. The summed E-state index contributed by atoms with van der Waals surface area (Å²) in [6, 6.07) is 0. The highest BCUT2D eigenvalue weighted by Gasteiger charge is 2.56. The molecule has 0 amide bonds. The first kappa shape index (κ1) is 14.8. The summed E-state index contributed by atoms with van der Waals surface area (Å²) in [5.74, 6) is -0.504. The highest BCUT2D eigenvalue weighted by atomic mass is 32.2. The van der Waals surface area contributed by atoms with Gasteiger partial charge in [0.1, 0.15) is 0 Å². The number of sulfonamides is 1. The van der Waals surface area contributed by atoms with Crippen LogP contribution >= 0.6 is 0 Å². The molecule has 1 N–H and O–H groups in total. The van der Waals surface area contributed by atoms with Crippen molar-refractivity contribution in [2.24, 2.45) is 11.3 Å². The van der Waals surface area contributed by atoms with Crippen LogP contribution < -0.4 is 0 Å². The number of carboxylic acids is 1. The third kappa shape index (κ3) is 2.65. The van der Waals surface area contributed by atoms with Crippen LogP contribution in [-0.4, -0.2) is 42.1 Å². The lowest BCUT2D eigenvalue weighted by Crippen LogP contribution is -2.64. The van der Waals surface area contributed by atoms with Gasteiger partial charge >= 0.3 is 5.97 Å². The van der Waals surface area contributed by atoms with Crippen LogP contribution in [0.3, 0.4) is 0 Å². The van der Waals surface area contributed by atoms with Gasteiger partial charge in [-0.15, -0.1) is 0 Å². The predicted molar refractivity (Wildman–Crippen MR) is 72.3 cm³/mol. The minimum Gasteiger partial charge on any atom is -0.481 e. The lowest BCUT2D eigenvalue weighted by atomic mass is 9.58. The van der Waals surface area contributed by atoms with Crippen LogP contribution in [0.2, 0.25) is 0 Å². The van der Waals surface area contributed by atoms with E-state index in [1.807, 2.05) is 13.8 Å². The normalized spacial score (nSPS) is 23.3. The van der Waals surface area contributed by atoms with Crippen LogP contribution in [0, 0.1) is 11.3 Å². The van der Waals surface area contributed by atoms with E-state index in [2.05, 4.69) is 0 Å². The average molecular weight is 289 g/mol. The molecule has 1 saturated carbocycles. The first-order chi connectivity index (χ1) is 8.83. The highest BCUT2D eigenvalue weighted by molar-refractivity contribution is 7.89. The van der Waals surface area contributed by atoms with E-state index < -0.39 is 16.0 Å². The summed E-state index contributed by atoms with van der Waals surface area (Å²) in [5.41, 5.74) is 0.0964. The Morgan fingerprint density at radius 2 is 1.84 bits per heavy atom. The third-order valence-electron chi connectivity index (χ3n) is 4.62. The molecule has 19 heavy (non-hydrogen) atoms. The van der Waals surface area contributed by atoms with E-state index in [9.17, 15) is 13.2 Å². The van der Waals surface area contributed by atoms with Gasteiger partial charge in [0.2, 0.25) is 10.0 Å². The largest absolute Gasteiger partial charge is 0.481 e. The molecule has 0 bridgehead atoms. The van der Waals surface area contributed by atoms with Crippen molar-refractivity contribution in [2.75, 3.05) is 13.1 Å². The number of hydrogen-bond acceptors (Lipinski definition) is 3. The van der Waals surface area contributed by atoms with Gasteiger partial charge in [-0.1, -0.05) is 13.8 Å². The van der Waals surface area contributed by atoms with E-state index in [4.69, 9.17) is 5.11 Å². The Morgan fingerprint density at radius 1 is 1.32 bits per heavy atom. The Bertz CT molecular complexity index is 441. The van der Waals surface area contributed by atoms with Crippen molar-refractivity contribution in [1.29, 1.82) is 0 Å². The van der Waals surface area contributed by atoms with E-state index >= 15 is 0 Å². The summed E-state index contributed by atoms with van der Waals surface area (Å²) in [4.78, 5) is 10.6. The molecule has 1 heterocycles. The zero-order chi connectivity index (χ0) is 14.3. The second-order valence-electron chi connectivity index (χ2n) is 6.12. The van der Waals surface area contributed by atoms with Crippen molar-refractivity contribution in [3.05, 3.63) is 0 Å². The Kier molecular flexibility index (Phi) is 3.93. The standard InChI is InChI=1S/C13H23NO4S/c1-3-11(4-2)19(17,18)14-8-13(9-14)6-10(7-13)5-12(15)16/h10-11H,3-9H2,1-2H3,(H,15,16). The summed E-state index contributed by atoms with van der Waals surface area (Å²) in [5, 5.41) is 8.46. The van der Waals surface area contributed by atoms with Gasteiger partial charge < -0.3 is 5.11 Å². The zero-order valence-corrected chi connectivity index (χ0v) is 12.4. The molecule has 110 valence electrons. The first-order valence-corrected chi connectivity index (χ1v) is 8.54. The minimum atomic E-state index is -3.14. The molecule has 0 atom stereocenters. The van der Waals surface area contributed by atoms with Crippen LogP contribution in [-0.2, 0) is 14.8 Å². The van der Waals surface area contributed by atoms with Crippen molar-refractivity contribution < 1.29 is 18.3 Å². The maximum absolute atomic E-state index is 12.3. The van der Waals surface area contributed by atoms with E-state index in [1.54, 1.807) is 4.31 Å². The number of aliphatic carboxylic acids is 1. The van der Waals surface area contributed by atoms with E-state index in [-0.39, 0.29) is 23.0 Å². The van der Waals surface area contributed by atoms with E-state index in [0.717, 1.165) is 12.8 Å². The Hall–Kier alpha value is -0.620. The molecule has 2 aliphatic rings. The molecule has 1 aliphatic heterocycles. The van der Waals surface area contributed by atoms with Gasteiger partial charge in [-0.05, 0) is 37.0 Å². The lowest BCUT2D eigenvalue weighted by Gasteiger charge is -2.58. The molecule has 0 aromatic heterocycles. The molecule has 0 unspecified atom stereocenters. The fraction of sp³-hybridized carbons (Fsp3) is 0.923. The molecular formula is C13H23NO4S. The summed E-state index contributed by atoms with van der Waals surface area (Å²) in [6.07, 6.45) is 3.28. The van der Waals surface area contributed by atoms with Gasteiger partial charge in [0.15, 0.2) is 0 Å². The summed E-state index contributed by atoms with van der Waals surface area (Å²) >= 11 is 0. The zero-order valence-electron chi connectivity index (χ0n) is 11.6. The Balaban J connectivity index is 1.86. The smallest absolute Gasteiger partial charge is 0.303 e. The second-order valence-corrected chi connectivity index (χ2v) is 8.34. The van der Waals surface area contributed by atoms with Gasteiger partial charge in [-0.2, -0.15) is 0 Å². The molecule has 2 rings (SSSR count). The van der Waals surface area contributed by atoms with Crippen molar-refractivity contribution in [1.82, 2.24) is 4.31 Å². The SMILES string of the molecule is CCC(CC)S(=O)(=O)N1CC2(CC(CC(=O)O)C2)C1. The van der Waals surface area contributed by atoms with Crippen molar-refractivity contribution in [3.63, 3.8) is 0 Å². The van der Waals surface area contributed by atoms with Crippen molar-refractivity contribution in [2.45, 2.75) is 51.2 Å². The molecule has 0 aromatic rings. The number of carbonyl (C=O) groups is 1. The van der Waals surface area contributed by atoms with Gasteiger partial charge in [0.05, 0.1) is 5.25 Å². The Morgan fingerprint density at radius 3 is 2.26 bits per heavy atom.